The predicted molar refractivity (Wildman–Crippen MR) is 104 cm³/mol. The lowest BCUT2D eigenvalue weighted by molar-refractivity contribution is 0.122. The van der Waals surface area contributed by atoms with Crippen molar-refractivity contribution in [3.8, 4) is 23.2 Å². The molecule has 4 aromatic rings. The number of rotatable bonds is 2. The van der Waals surface area contributed by atoms with Crippen LogP contribution in [0.1, 0.15) is 17.5 Å². The maximum atomic E-state index is 10.5. The number of aromatic nitrogens is 5. The molecule has 0 bridgehead atoms. The van der Waals surface area contributed by atoms with E-state index in [1.807, 2.05) is 16.5 Å². The van der Waals surface area contributed by atoms with E-state index in [1.165, 1.54) is 17.5 Å². The van der Waals surface area contributed by atoms with Crippen LogP contribution in [0.2, 0.25) is 5.02 Å². The smallest absolute Gasteiger partial charge is 0.220 e. The maximum absolute atomic E-state index is 10.5. The van der Waals surface area contributed by atoms with Crippen molar-refractivity contribution in [3.63, 3.8) is 0 Å². The lowest BCUT2D eigenvalue weighted by Crippen LogP contribution is -2.17. The Hall–Kier alpha value is -2.99. The quantitative estimate of drug-likeness (QED) is 0.505. The molecule has 4 rings (SSSR count). The number of imidazole rings is 1. The van der Waals surface area contributed by atoms with Gasteiger partial charge in [-0.1, -0.05) is 23.4 Å². The molecular weight excluding hydrogens is 384 g/mol. The zero-order chi connectivity index (χ0) is 19.0. The van der Waals surface area contributed by atoms with Crippen LogP contribution in [0.5, 0.6) is 0 Å². The largest absolute Gasteiger partial charge is 0.371 e. The third-order valence-corrected chi connectivity index (χ3v) is 5.07. The van der Waals surface area contributed by atoms with Gasteiger partial charge < -0.3 is 10.8 Å². The number of fused-ring (bicyclic) bond motifs is 1. The zero-order valence-electron chi connectivity index (χ0n) is 14.1. The number of nitrogens with two attached hydrogens (primary N) is 1. The van der Waals surface area contributed by atoms with Gasteiger partial charge in [-0.3, -0.25) is 4.40 Å². The topological polar surface area (TPSA) is 102 Å². The highest BCUT2D eigenvalue weighted by atomic mass is 35.5. The lowest BCUT2D eigenvalue weighted by Gasteiger charge is -2.11. The van der Waals surface area contributed by atoms with Crippen LogP contribution in [-0.2, 0) is 5.60 Å². The highest BCUT2D eigenvalue weighted by Crippen LogP contribution is 2.27. The van der Waals surface area contributed by atoms with E-state index in [0.29, 0.717) is 32.6 Å². The Morgan fingerprint density at radius 2 is 2.11 bits per heavy atom. The first-order valence-electron chi connectivity index (χ1n) is 7.85. The first kappa shape index (κ1) is 17.4. The van der Waals surface area contributed by atoms with Crippen molar-refractivity contribution in [2.24, 2.45) is 0 Å². The van der Waals surface area contributed by atoms with Gasteiger partial charge in [-0.15, -0.1) is 11.3 Å². The summed E-state index contributed by atoms with van der Waals surface area (Å²) < 4.78 is 1.82. The standard InChI is InChI=1S/C18H13ClN6OS/c1-18(26,16-21-6-7-27-16)5-4-11-2-3-14-22-9-13(25(14)10-11)15-12(19)8-23-17(20)24-15/h2-3,6-10,26H,1H3,(H2,20,23,24)/t18-/m1/s1. The Balaban J connectivity index is 1.78. The van der Waals surface area contributed by atoms with Gasteiger partial charge in [0, 0.05) is 23.3 Å². The second kappa shape index (κ2) is 6.63. The molecule has 0 unspecified atom stereocenters. The molecule has 0 saturated carbocycles. The second-order valence-corrected chi connectivity index (χ2v) is 7.18. The van der Waals surface area contributed by atoms with Crippen LogP contribution in [0.15, 0.2) is 42.3 Å². The van der Waals surface area contributed by atoms with E-state index in [9.17, 15) is 5.11 Å². The third-order valence-electron chi connectivity index (χ3n) is 3.81. The number of aliphatic hydroxyl groups is 1. The number of thiazole rings is 1. The molecule has 0 amide bonds. The van der Waals surface area contributed by atoms with Crippen molar-refractivity contribution in [1.29, 1.82) is 0 Å². The van der Waals surface area contributed by atoms with Crippen molar-refractivity contribution in [3.05, 3.63) is 57.9 Å². The Morgan fingerprint density at radius 1 is 1.26 bits per heavy atom. The molecule has 4 aromatic heterocycles. The Bertz CT molecular complexity index is 1190. The van der Waals surface area contributed by atoms with E-state index in [1.54, 1.807) is 30.9 Å². The summed E-state index contributed by atoms with van der Waals surface area (Å²) in [6, 6.07) is 3.65. The lowest BCUT2D eigenvalue weighted by atomic mass is 10.1. The minimum atomic E-state index is -1.33. The fourth-order valence-electron chi connectivity index (χ4n) is 2.50. The van der Waals surface area contributed by atoms with Crippen molar-refractivity contribution < 1.29 is 5.11 Å². The molecule has 1 atom stereocenters. The number of halogens is 1. The normalized spacial score (nSPS) is 13.1. The van der Waals surface area contributed by atoms with Crippen LogP contribution in [0.25, 0.3) is 17.0 Å². The van der Waals surface area contributed by atoms with Gasteiger partial charge in [0.25, 0.3) is 0 Å². The van der Waals surface area contributed by atoms with Gasteiger partial charge in [0.2, 0.25) is 5.95 Å². The van der Waals surface area contributed by atoms with Gasteiger partial charge in [0.1, 0.15) is 16.3 Å². The van der Waals surface area contributed by atoms with Gasteiger partial charge in [0.05, 0.1) is 23.1 Å². The van der Waals surface area contributed by atoms with Crippen LogP contribution >= 0.6 is 22.9 Å². The number of hydrogen-bond acceptors (Lipinski definition) is 7. The first-order chi connectivity index (χ1) is 12.9. The average Bonchev–Trinajstić information content (AvgIpc) is 3.32. The molecule has 4 heterocycles. The summed E-state index contributed by atoms with van der Waals surface area (Å²) in [5.41, 5.74) is 6.90. The van der Waals surface area contributed by atoms with E-state index >= 15 is 0 Å². The van der Waals surface area contributed by atoms with Crippen LogP contribution in [0.4, 0.5) is 5.95 Å². The number of nitrogen functional groups attached to an aromatic ring is 1. The van der Waals surface area contributed by atoms with E-state index in [0.717, 1.165) is 0 Å². The molecule has 0 aliphatic carbocycles. The van der Waals surface area contributed by atoms with Gasteiger partial charge in [-0.2, -0.15) is 0 Å². The third kappa shape index (κ3) is 3.36. The predicted octanol–water partition coefficient (Wildman–Crippen LogP) is 2.74. The zero-order valence-corrected chi connectivity index (χ0v) is 15.7. The minimum Gasteiger partial charge on any atom is -0.371 e. The van der Waals surface area contributed by atoms with Gasteiger partial charge in [0.15, 0.2) is 5.60 Å². The highest BCUT2D eigenvalue weighted by molar-refractivity contribution is 7.09. The van der Waals surface area contributed by atoms with E-state index in [4.69, 9.17) is 17.3 Å². The molecule has 3 N–H and O–H groups in total. The molecule has 0 aliphatic heterocycles. The summed E-state index contributed by atoms with van der Waals surface area (Å²) >= 11 is 7.57. The Kier molecular flexibility index (Phi) is 4.28. The van der Waals surface area contributed by atoms with Crippen molar-refractivity contribution in [1.82, 2.24) is 24.3 Å². The number of anilines is 1. The Morgan fingerprint density at radius 3 is 2.89 bits per heavy atom. The van der Waals surface area contributed by atoms with E-state index < -0.39 is 5.60 Å². The summed E-state index contributed by atoms with van der Waals surface area (Å²) in [7, 11) is 0. The molecule has 0 radical (unpaired) electrons. The van der Waals surface area contributed by atoms with E-state index in [-0.39, 0.29) is 5.95 Å². The van der Waals surface area contributed by atoms with Crippen LogP contribution < -0.4 is 5.73 Å². The summed E-state index contributed by atoms with van der Waals surface area (Å²) in [6.45, 7) is 1.61. The van der Waals surface area contributed by atoms with Crippen LogP contribution in [0.3, 0.4) is 0 Å². The summed E-state index contributed by atoms with van der Waals surface area (Å²) in [5, 5.41) is 13.2. The van der Waals surface area contributed by atoms with Crippen molar-refractivity contribution >= 4 is 34.5 Å². The summed E-state index contributed by atoms with van der Waals surface area (Å²) in [4.78, 5) is 16.6. The van der Waals surface area contributed by atoms with Gasteiger partial charge in [-0.25, -0.2) is 19.9 Å². The molecule has 27 heavy (non-hydrogen) atoms. The van der Waals surface area contributed by atoms with Crippen molar-refractivity contribution in [2.75, 3.05) is 5.73 Å². The van der Waals surface area contributed by atoms with Gasteiger partial charge >= 0.3 is 0 Å². The molecule has 9 heteroatoms. The number of nitrogens with zero attached hydrogens (tertiary/aromatic N) is 5. The van der Waals surface area contributed by atoms with Crippen molar-refractivity contribution in [2.45, 2.75) is 12.5 Å². The molecule has 0 fully saturated rings. The Labute approximate surface area is 163 Å². The molecule has 134 valence electrons. The summed E-state index contributed by atoms with van der Waals surface area (Å²) in [5.74, 6) is 5.97. The molecule has 0 aromatic carbocycles. The maximum Gasteiger partial charge on any atom is 0.220 e. The molecule has 0 aliphatic rings. The minimum absolute atomic E-state index is 0.125. The number of hydrogen-bond donors (Lipinski definition) is 2. The monoisotopic (exact) mass is 396 g/mol. The number of pyridine rings is 1. The van der Waals surface area contributed by atoms with E-state index in [2.05, 4.69) is 31.8 Å². The first-order valence-corrected chi connectivity index (χ1v) is 9.11. The molecular formula is C18H13ClN6OS. The summed E-state index contributed by atoms with van der Waals surface area (Å²) in [6.07, 6.45) is 6.55. The molecule has 7 nitrogen and oxygen atoms in total. The average molecular weight is 397 g/mol. The molecule has 0 spiro atoms. The van der Waals surface area contributed by atoms with Gasteiger partial charge in [-0.05, 0) is 19.1 Å². The highest BCUT2D eigenvalue weighted by Gasteiger charge is 2.22. The SMILES string of the molecule is C[C@@](O)(C#Cc1ccc2ncc(-c3nc(N)ncc3Cl)n2c1)c1nccs1. The van der Waals surface area contributed by atoms with Crippen LogP contribution in [0, 0.1) is 11.8 Å². The second-order valence-electron chi connectivity index (χ2n) is 5.87. The van der Waals surface area contributed by atoms with Crippen LogP contribution in [-0.4, -0.2) is 29.4 Å². The molecule has 0 saturated heterocycles. The fraction of sp³-hybridized carbons (Fsp3) is 0.111. The fourth-order valence-corrected chi connectivity index (χ4v) is 3.34.